The van der Waals surface area contributed by atoms with E-state index < -0.39 is 12.2 Å². The van der Waals surface area contributed by atoms with Crippen molar-refractivity contribution in [1.82, 2.24) is 10.6 Å². The largest absolute Gasteiger partial charge is 0.321 e. The first-order valence-corrected chi connectivity index (χ1v) is 11.7. The lowest BCUT2D eigenvalue weighted by Crippen LogP contribution is -2.49. The van der Waals surface area contributed by atoms with Crippen molar-refractivity contribution in [3.8, 4) is 0 Å². The van der Waals surface area contributed by atoms with E-state index >= 15 is 0 Å². The monoisotopic (exact) mass is 447 g/mol. The second kappa shape index (κ2) is 10.2. The molecule has 0 aliphatic carbocycles. The first-order chi connectivity index (χ1) is 15.9. The second-order valence-corrected chi connectivity index (χ2v) is 9.33. The maximum absolute atomic E-state index is 13.5. The molecule has 0 bridgehead atoms. The third-order valence-electron chi connectivity index (χ3n) is 6.11. The highest BCUT2D eigenvalue weighted by Crippen LogP contribution is 2.32. The minimum atomic E-state index is -0.983. The van der Waals surface area contributed by atoms with E-state index in [1.165, 1.54) is 5.56 Å². The molecule has 2 aliphatic heterocycles. The maximum Gasteiger partial charge on any atom is 0.321 e. The molecule has 2 aromatic carbocycles. The van der Waals surface area contributed by atoms with E-state index in [1.54, 1.807) is 11.1 Å². The summed E-state index contributed by atoms with van der Waals surface area (Å²) in [5.41, 5.74) is 4.74. The van der Waals surface area contributed by atoms with Crippen LogP contribution in [0.25, 0.3) is 0 Å². The first-order valence-electron chi connectivity index (χ1n) is 11.7. The van der Waals surface area contributed by atoms with Crippen LogP contribution in [0.3, 0.4) is 0 Å². The Bertz CT molecular complexity index is 1040. The Kier molecular flexibility index (Phi) is 7.08. The normalized spacial score (nSPS) is 18.7. The van der Waals surface area contributed by atoms with Crippen molar-refractivity contribution in [2.24, 2.45) is 10.9 Å². The Morgan fingerprint density at radius 3 is 2.70 bits per heavy atom. The Hall–Kier alpha value is -3.19. The lowest BCUT2D eigenvalue weighted by molar-refractivity contribution is -0.120. The number of piperidine rings is 1. The summed E-state index contributed by atoms with van der Waals surface area (Å²) in [5, 5.41) is 8.96. The summed E-state index contributed by atoms with van der Waals surface area (Å²) in [6.07, 6.45) is 2.91. The average molecular weight is 448 g/mol. The molecule has 0 saturated carbocycles. The summed E-state index contributed by atoms with van der Waals surface area (Å²) in [4.78, 5) is 32.4. The number of urea groups is 1. The molecule has 0 radical (unpaired) electrons. The molecule has 7 nitrogen and oxygen atoms in total. The minimum Gasteiger partial charge on any atom is -0.317 e. The van der Waals surface area contributed by atoms with E-state index in [-0.39, 0.29) is 11.8 Å². The number of benzene rings is 2. The van der Waals surface area contributed by atoms with Gasteiger partial charge in [-0.15, -0.1) is 0 Å². The van der Waals surface area contributed by atoms with Gasteiger partial charge in [0.25, 0.3) is 5.91 Å². The minimum absolute atomic E-state index is 0.222. The Morgan fingerprint density at radius 1 is 1.18 bits per heavy atom. The number of nitrogens with one attached hydrogen (secondary N) is 3. The number of aliphatic imine (C=N–C) groups is 1. The summed E-state index contributed by atoms with van der Waals surface area (Å²) in [5.74, 6) is 0.534. The van der Waals surface area contributed by atoms with Gasteiger partial charge in [0.2, 0.25) is 6.17 Å². The highest BCUT2D eigenvalue weighted by atomic mass is 16.2. The van der Waals surface area contributed by atoms with E-state index in [0.29, 0.717) is 18.2 Å². The number of aryl methyl sites for hydroxylation is 1. The zero-order valence-electron chi connectivity index (χ0n) is 19.6. The molecule has 4 rings (SSSR count). The van der Waals surface area contributed by atoms with E-state index in [9.17, 15) is 9.59 Å². The van der Waals surface area contributed by atoms with E-state index in [2.05, 4.69) is 46.9 Å². The van der Waals surface area contributed by atoms with Gasteiger partial charge < -0.3 is 20.9 Å². The molecule has 3 N–H and O–H groups in total. The lowest BCUT2D eigenvalue weighted by atomic mass is 9.89. The van der Waals surface area contributed by atoms with Gasteiger partial charge in [0.1, 0.15) is 0 Å². The lowest BCUT2D eigenvalue weighted by Gasteiger charge is -2.29. The SMILES string of the molecule is Cc1cccc(NC(=O)NC2N=Cc3ccc(C4CCNCC4)cc3N(CC(C)C)C2=O)c1. The molecule has 1 saturated heterocycles. The van der Waals surface area contributed by atoms with Gasteiger partial charge in [-0.2, -0.15) is 0 Å². The quantitative estimate of drug-likeness (QED) is 0.647. The Labute approximate surface area is 195 Å². The van der Waals surface area contributed by atoms with Crippen molar-refractivity contribution >= 4 is 29.5 Å². The standard InChI is InChI=1S/C26H33N5O2/c1-17(2)16-31-23-14-20(19-9-11-27-12-10-19)7-8-21(23)15-28-24(25(31)32)30-26(33)29-22-6-4-5-18(3)13-22/h4-8,13-15,17,19,24,27H,9-12,16H2,1-3H3,(H2,29,30,33). The highest BCUT2D eigenvalue weighted by molar-refractivity contribution is 6.06. The van der Waals surface area contributed by atoms with Crippen molar-refractivity contribution < 1.29 is 9.59 Å². The topological polar surface area (TPSA) is 85.8 Å². The van der Waals surface area contributed by atoms with Gasteiger partial charge in [0, 0.05) is 24.0 Å². The van der Waals surface area contributed by atoms with Crippen LogP contribution in [0.5, 0.6) is 0 Å². The van der Waals surface area contributed by atoms with Crippen molar-refractivity contribution in [1.29, 1.82) is 0 Å². The first kappa shape index (κ1) is 23.0. The smallest absolute Gasteiger partial charge is 0.317 e. The molecule has 7 heteroatoms. The summed E-state index contributed by atoms with van der Waals surface area (Å²) >= 11 is 0. The number of anilines is 2. The Balaban J connectivity index is 1.56. The van der Waals surface area contributed by atoms with Crippen molar-refractivity contribution in [3.05, 3.63) is 59.2 Å². The number of nitrogens with zero attached hydrogens (tertiary/aromatic N) is 2. The fourth-order valence-corrected chi connectivity index (χ4v) is 4.46. The molecule has 1 atom stereocenters. The van der Waals surface area contributed by atoms with Gasteiger partial charge >= 0.3 is 6.03 Å². The maximum atomic E-state index is 13.5. The zero-order chi connectivity index (χ0) is 23.4. The molecular formula is C26H33N5O2. The van der Waals surface area contributed by atoms with Gasteiger partial charge in [-0.3, -0.25) is 9.79 Å². The number of hydrogen-bond acceptors (Lipinski definition) is 4. The highest BCUT2D eigenvalue weighted by Gasteiger charge is 2.31. The van der Waals surface area contributed by atoms with Crippen molar-refractivity contribution in [2.45, 2.75) is 45.7 Å². The second-order valence-electron chi connectivity index (χ2n) is 9.33. The molecule has 0 spiro atoms. The van der Waals surface area contributed by atoms with Crippen molar-refractivity contribution in [3.63, 3.8) is 0 Å². The molecule has 33 heavy (non-hydrogen) atoms. The number of benzodiazepines with no additional fused rings is 1. The van der Waals surface area contributed by atoms with Crippen molar-refractivity contribution in [2.75, 3.05) is 29.9 Å². The molecular weight excluding hydrogens is 414 g/mol. The molecule has 2 aromatic rings. The fourth-order valence-electron chi connectivity index (χ4n) is 4.46. The van der Waals surface area contributed by atoms with Gasteiger partial charge in [-0.1, -0.05) is 38.1 Å². The Morgan fingerprint density at radius 2 is 1.97 bits per heavy atom. The zero-order valence-corrected chi connectivity index (χ0v) is 19.6. The number of hydrogen-bond donors (Lipinski definition) is 3. The number of carbonyl (C=O) groups is 2. The van der Waals surface area contributed by atoms with E-state index in [4.69, 9.17) is 0 Å². The summed E-state index contributed by atoms with van der Waals surface area (Å²) < 4.78 is 0. The molecule has 2 aliphatic rings. The van der Waals surface area contributed by atoms with Crippen LogP contribution in [0.2, 0.25) is 0 Å². The van der Waals surface area contributed by atoms with E-state index in [1.807, 2.05) is 37.3 Å². The molecule has 2 heterocycles. The van der Waals surface area contributed by atoms with Crippen LogP contribution in [0.1, 0.15) is 49.3 Å². The van der Waals surface area contributed by atoms with Crippen LogP contribution in [0, 0.1) is 12.8 Å². The van der Waals surface area contributed by atoms with Gasteiger partial charge in [-0.05, 0) is 74.0 Å². The van der Waals surface area contributed by atoms with Crippen LogP contribution in [0.4, 0.5) is 16.2 Å². The summed E-state index contributed by atoms with van der Waals surface area (Å²) in [6.45, 7) is 8.72. The summed E-state index contributed by atoms with van der Waals surface area (Å²) in [7, 11) is 0. The van der Waals surface area contributed by atoms with Crippen LogP contribution in [-0.4, -0.2) is 44.0 Å². The van der Waals surface area contributed by atoms with Crippen LogP contribution in [0.15, 0.2) is 47.5 Å². The number of carbonyl (C=O) groups excluding carboxylic acids is 2. The third-order valence-corrected chi connectivity index (χ3v) is 6.11. The third kappa shape index (κ3) is 5.60. The van der Waals surface area contributed by atoms with Crippen LogP contribution >= 0.6 is 0 Å². The van der Waals surface area contributed by atoms with Crippen LogP contribution < -0.4 is 20.9 Å². The number of rotatable bonds is 5. The van der Waals surface area contributed by atoms with Gasteiger partial charge in [0.05, 0.1) is 5.69 Å². The van der Waals surface area contributed by atoms with Crippen LogP contribution in [-0.2, 0) is 4.79 Å². The van der Waals surface area contributed by atoms with E-state index in [0.717, 1.165) is 42.7 Å². The predicted molar refractivity (Wildman–Crippen MR) is 133 cm³/mol. The molecule has 1 fully saturated rings. The number of fused-ring (bicyclic) bond motifs is 1. The molecule has 1 unspecified atom stereocenters. The molecule has 3 amide bonds. The summed E-state index contributed by atoms with van der Waals surface area (Å²) in [6, 6.07) is 13.4. The average Bonchev–Trinajstić information content (AvgIpc) is 2.91. The molecule has 0 aromatic heterocycles. The fraction of sp³-hybridized carbons (Fsp3) is 0.423. The molecule has 174 valence electrons. The predicted octanol–water partition coefficient (Wildman–Crippen LogP) is 4.03. The van der Waals surface area contributed by atoms with Gasteiger partial charge in [0.15, 0.2) is 0 Å². The number of amides is 3. The van der Waals surface area contributed by atoms with Gasteiger partial charge in [-0.25, -0.2) is 4.79 Å².